The fourth-order valence-electron chi connectivity index (χ4n) is 1.12. The highest BCUT2D eigenvalue weighted by Crippen LogP contribution is 2.12. The van der Waals surface area contributed by atoms with Gasteiger partial charge in [-0.1, -0.05) is 33.8 Å². The third kappa shape index (κ3) is 3.70. The Balaban J connectivity index is 4.45. The molecule has 0 aromatic heterocycles. The Morgan fingerprint density at radius 2 is 1.75 bits per heavy atom. The molecule has 0 fully saturated rings. The summed E-state index contributed by atoms with van der Waals surface area (Å²) >= 11 is 0. The third-order valence-corrected chi connectivity index (χ3v) is 1.99. The first-order valence-electron chi connectivity index (χ1n) is 4.88. The van der Waals surface area contributed by atoms with E-state index in [4.69, 9.17) is 0 Å². The van der Waals surface area contributed by atoms with Crippen LogP contribution in [-0.2, 0) is 0 Å². The minimum absolute atomic E-state index is 0.545. The van der Waals surface area contributed by atoms with Crippen LogP contribution in [0.15, 0.2) is 16.8 Å². The van der Waals surface area contributed by atoms with E-state index in [0.717, 1.165) is 12.8 Å². The van der Waals surface area contributed by atoms with Crippen LogP contribution in [0.25, 0.3) is 0 Å². The van der Waals surface area contributed by atoms with Crippen LogP contribution >= 0.6 is 0 Å². The van der Waals surface area contributed by atoms with Crippen molar-refractivity contribution in [2.24, 2.45) is 10.9 Å². The highest BCUT2D eigenvalue weighted by atomic mass is 14.8. The van der Waals surface area contributed by atoms with Crippen molar-refractivity contribution in [3.05, 3.63) is 11.8 Å². The van der Waals surface area contributed by atoms with Gasteiger partial charge in [-0.2, -0.15) is 0 Å². The summed E-state index contributed by atoms with van der Waals surface area (Å²) in [5.41, 5.74) is 2.52. The molecule has 0 bridgehead atoms. The van der Waals surface area contributed by atoms with E-state index in [-0.39, 0.29) is 0 Å². The van der Waals surface area contributed by atoms with Crippen LogP contribution in [0.2, 0.25) is 0 Å². The zero-order valence-corrected chi connectivity index (χ0v) is 9.02. The zero-order chi connectivity index (χ0) is 9.56. The lowest BCUT2D eigenvalue weighted by Gasteiger charge is -2.07. The van der Waals surface area contributed by atoms with E-state index in [1.54, 1.807) is 0 Å². The zero-order valence-electron chi connectivity index (χ0n) is 9.02. The van der Waals surface area contributed by atoms with E-state index in [2.05, 4.69) is 45.7 Å². The molecular formula is C11H21N. The topological polar surface area (TPSA) is 12.4 Å². The minimum atomic E-state index is 0.545. The summed E-state index contributed by atoms with van der Waals surface area (Å²) in [4.78, 5) is 4.61. The summed E-state index contributed by atoms with van der Waals surface area (Å²) in [7, 11) is 0. The van der Waals surface area contributed by atoms with Gasteiger partial charge in [-0.15, -0.1) is 0 Å². The van der Waals surface area contributed by atoms with Gasteiger partial charge in [0.15, 0.2) is 0 Å². The van der Waals surface area contributed by atoms with E-state index in [0.29, 0.717) is 5.92 Å². The van der Waals surface area contributed by atoms with Crippen LogP contribution in [0.4, 0.5) is 0 Å². The molecule has 0 unspecified atom stereocenters. The second kappa shape index (κ2) is 5.99. The monoisotopic (exact) mass is 167 g/mol. The largest absolute Gasteiger partial charge is 0.262 e. The number of rotatable bonds is 4. The predicted molar refractivity (Wildman–Crippen MR) is 56.6 cm³/mol. The standard InChI is InChI=1S/C11H21N/c1-6-10(7-2)12-11(8-3)9(4)5/h8-9H,6-7H2,1-5H3/b11-8-. The molecule has 0 saturated heterocycles. The van der Waals surface area contributed by atoms with Gasteiger partial charge in [-0.3, -0.25) is 4.99 Å². The smallest absolute Gasteiger partial charge is 0.0385 e. The summed E-state index contributed by atoms with van der Waals surface area (Å²) in [6, 6.07) is 0. The summed E-state index contributed by atoms with van der Waals surface area (Å²) < 4.78 is 0. The molecule has 0 aliphatic carbocycles. The summed E-state index contributed by atoms with van der Waals surface area (Å²) in [5, 5.41) is 0. The second-order valence-corrected chi connectivity index (χ2v) is 3.25. The normalized spacial score (nSPS) is 12.0. The van der Waals surface area contributed by atoms with Crippen LogP contribution in [0.3, 0.4) is 0 Å². The van der Waals surface area contributed by atoms with Crippen molar-refractivity contribution in [3.63, 3.8) is 0 Å². The van der Waals surface area contributed by atoms with Gasteiger partial charge in [0.1, 0.15) is 0 Å². The molecule has 12 heavy (non-hydrogen) atoms. The average Bonchev–Trinajstić information content (AvgIpc) is 2.06. The van der Waals surface area contributed by atoms with Gasteiger partial charge in [-0.05, 0) is 25.7 Å². The molecule has 0 saturated carbocycles. The molecule has 0 aromatic carbocycles. The van der Waals surface area contributed by atoms with Crippen molar-refractivity contribution < 1.29 is 0 Å². The fourth-order valence-corrected chi connectivity index (χ4v) is 1.12. The maximum absolute atomic E-state index is 4.61. The SMILES string of the molecule is C/C=C(\N=C(CC)CC)C(C)C. The summed E-state index contributed by atoms with van der Waals surface area (Å²) in [6.07, 6.45) is 4.25. The number of nitrogens with zero attached hydrogens (tertiary/aromatic N) is 1. The Morgan fingerprint density at radius 3 is 2.00 bits per heavy atom. The van der Waals surface area contributed by atoms with Gasteiger partial charge in [0.25, 0.3) is 0 Å². The van der Waals surface area contributed by atoms with Crippen molar-refractivity contribution in [1.82, 2.24) is 0 Å². The molecular weight excluding hydrogens is 146 g/mol. The molecule has 0 spiro atoms. The molecule has 0 aliphatic rings. The van der Waals surface area contributed by atoms with Crippen LogP contribution in [-0.4, -0.2) is 5.71 Å². The molecule has 0 N–H and O–H groups in total. The first kappa shape index (κ1) is 11.4. The molecule has 0 rings (SSSR count). The highest BCUT2D eigenvalue weighted by Gasteiger charge is 2.00. The lowest BCUT2D eigenvalue weighted by molar-refractivity contribution is 0.753. The quantitative estimate of drug-likeness (QED) is 0.565. The van der Waals surface area contributed by atoms with Crippen LogP contribution in [0, 0.1) is 5.92 Å². The maximum atomic E-state index is 4.61. The first-order chi connectivity index (χ1) is 5.65. The molecule has 0 amide bonds. The summed E-state index contributed by atoms with van der Waals surface area (Å²) in [6.45, 7) is 10.7. The molecule has 1 nitrogen and oxygen atoms in total. The lowest BCUT2D eigenvalue weighted by atomic mass is 10.1. The van der Waals surface area contributed by atoms with Crippen LogP contribution in [0.5, 0.6) is 0 Å². The minimum Gasteiger partial charge on any atom is -0.262 e. The van der Waals surface area contributed by atoms with Crippen molar-refractivity contribution in [2.75, 3.05) is 0 Å². The fraction of sp³-hybridized carbons (Fsp3) is 0.727. The predicted octanol–water partition coefficient (Wildman–Crippen LogP) is 3.81. The lowest BCUT2D eigenvalue weighted by Crippen LogP contribution is -1.98. The van der Waals surface area contributed by atoms with E-state index in [9.17, 15) is 0 Å². The maximum Gasteiger partial charge on any atom is 0.0385 e. The van der Waals surface area contributed by atoms with Crippen molar-refractivity contribution in [1.29, 1.82) is 0 Å². The number of hydrogen-bond donors (Lipinski definition) is 0. The molecule has 0 aromatic rings. The van der Waals surface area contributed by atoms with Crippen molar-refractivity contribution >= 4 is 5.71 Å². The molecule has 1 heteroatoms. The Bertz CT molecular complexity index is 169. The highest BCUT2D eigenvalue weighted by molar-refractivity contribution is 5.84. The van der Waals surface area contributed by atoms with Crippen LogP contribution < -0.4 is 0 Å². The van der Waals surface area contributed by atoms with Gasteiger partial charge < -0.3 is 0 Å². The van der Waals surface area contributed by atoms with E-state index in [1.807, 2.05) is 0 Å². The molecule has 0 aliphatic heterocycles. The third-order valence-electron chi connectivity index (χ3n) is 1.99. The van der Waals surface area contributed by atoms with Crippen molar-refractivity contribution in [3.8, 4) is 0 Å². The molecule has 70 valence electrons. The van der Waals surface area contributed by atoms with Gasteiger partial charge in [0.2, 0.25) is 0 Å². The Morgan fingerprint density at radius 1 is 1.25 bits per heavy atom. The molecule has 0 atom stereocenters. The van der Waals surface area contributed by atoms with Crippen molar-refractivity contribution in [2.45, 2.75) is 47.5 Å². The first-order valence-corrected chi connectivity index (χ1v) is 4.88. The number of aliphatic imine (C=N–C) groups is 1. The molecule has 0 radical (unpaired) electrons. The summed E-state index contributed by atoms with van der Waals surface area (Å²) in [5.74, 6) is 0.545. The van der Waals surface area contributed by atoms with Crippen LogP contribution in [0.1, 0.15) is 47.5 Å². The second-order valence-electron chi connectivity index (χ2n) is 3.25. The van der Waals surface area contributed by atoms with E-state index in [1.165, 1.54) is 11.4 Å². The van der Waals surface area contributed by atoms with Gasteiger partial charge in [0, 0.05) is 11.4 Å². The average molecular weight is 167 g/mol. The Kier molecular flexibility index (Phi) is 5.69. The number of allylic oxidation sites excluding steroid dienone is 2. The Hall–Kier alpha value is -0.590. The van der Waals surface area contributed by atoms with E-state index >= 15 is 0 Å². The number of hydrogen-bond acceptors (Lipinski definition) is 1. The van der Waals surface area contributed by atoms with Gasteiger partial charge >= 0.3 is 0 Å². The van der Waals surface area contributed by atoms with E-state index < -0.39 is 0 Å². The molecule has 0 heterocycles. The van der Waals surface area contributed by atoms with Gasteiger partial charge in [0.05, 0.1) is 0 Å². The Labute approximate surface area is 76.6 Å². The van der Waals surface area contributed by atoms with Gasteiger partial charge in [-0.25, -0.2) is 0 Å².